The molecule has 3 N–H and O–H groups in total. The van der Waals surface area contributed by atoms with Gasteiger partial charge in [0.1, 0.15) is 0 Å². The van der Waals surface area contributed by atoms with Crippen LogP contribution in [0.2, 0.25) is 0 Å². The molecule has 5 nitrogen and oxygen atoms in total. The topological polar surface area (TPSA) is 82.2 Å². The molecule has 0 saturated carbocycles. The minimum atomic E-state index is -0.462. The van der Waals surface area contributed by atoms with Gasteiger partial charge in [-0.25, -0.2) is 0 Å². The zero-order chi connectivity index (χ0) is 13.8. The summed E-state index contributed by atoms with van der Waals surface area (Å²) in [7, 11) is 0. The van der Waals surface area contributed by atoms with Crippen molar-refractivity contribution in [2.75, 3.05) is 6.54 Å². The van der Waals surface area contributed by atoms with Gasteiger partial charge in [0.25, 0.3) is 5.91 Å². The zero-order valence-corrected chi connectivity index (χ0v) is 10.6. The number of para-hydroxylation sites is 1. The predicted molar refractivity (Wildman–Crippen MR) is 73.2 cm³/mol. The fourth-order valence-corrected chi connectivity index (χ4v) is 1.88. The standard InChI is InChI=1S/C14H16N2O3/c1-9(17)6-7-15-14(19)11-8-13(18)16-12-5-3-2-4-10(11)12/h2-5,8-9,17H,6-7H2,1H3,(H,15,19)(H,16,18). The number of carbonyl (C=O) groups excluding carboxylic acids is 1. The average Bonchev–Trinajstić information content (AvgIpc) is 2.37. The van der Waals surface area contributed by atoms with Gasteiger partial charge in [-0.05, 0) is 19.4 Å². The van der Waals surface area contributed by atoms with Crippen molar-refractivity contribution < 1.29 is 9.90 Å². The lowest BCUT2D eigenvalue weighted by Gasteiger charge is -2.08. The second-order valence-electron chi connectivity index (χ2n) is 4.49. The predicted octanol–water partition coefficient (Wildman–Crippen LogP) is 1.03. The molecule has 100 valence electrons. The zero-order valence-electron chi connectivity index (χ0n) is 10.6. The lowest BCUT2D eigenvalue weighted by Crippen LogP contribution is -2.27. The molecule has 0 spiro atoms. The summed E-state index contributed by atoms with van der Waals surface area (Å²) in [5.74, 6) is -0.303. The van der Waals surface area contributed by atoms with Crippen LogP contribution in [0.3, 0.4) is 0 Å². The Bertz CT molecular complexity index is 646. The molecule has 0 aliphatic carbocycles. The number of pyridine rings is 1. The number of aromatic nitrogens is 1. The van der Waals surface area contributed by atoms with Crippen LogP contribution in [-0.2, 0) is 0 Å². The summed E-state index contributed by atoms with van der Waals surface area (Å²) in [5, 5.41) is 12.5. The summed E-state index contributed by atoms with van der Waals surface area (Å²) in [4.78, 5) is 26.2. The maximum Gasteiger partial charge on any atom is 0.252 e. The molecule has 1 amide bonds. The molecule has 5 heteroatoms. The highest BCUT2D eigenvalue weighted by Gasteiger charge is 2.11. The SMILES string of the molecule is CC(O)CCNC(=O)c1cc(=O)[nH]c2ccccc12. The average molecular weight is 260 g/mol. The smallest absolute Gasteiger partial charge is 0.252 e. The van der Waals surface area contributed by atoms with Gasteiger partial charge in [-0.1, -0.05) is 18.2 Å². The van der Waals surface area contributed by atoms with Gasteiger partial charge in [0, 0.05) is 23.5 Å². The van der Waals surface area contributed by atoms with Gasteiger partial charge in [-0.15, -0.1) is 0 Å². The summed E-state index contributed by atoms with van der Waals surface area (Å²) >= 11 is 0. The molecule has 1 unspecified atom stereocenters. The third-order valence-corrected chi connectivity index (χ3v) is 2.84. The molecule has 1 aromatic carbocycles. The van der Waals surface area contributed by atoms with E-state index >= 15 is 0 Å². The number of hydrogen-bond donors (Lipinski definition) is 3. The number of aliphatic hydroxyl groups excluding tert-OH is 1. The van der Waals surface area contributed by atoms with Gasteiger partial charge < -0.3 is 15.4 Å². The van der Waals surface area contributed by atoms with E-state index in [0.29, 0.717) is 29.4 Å². The highest BCUT2D eigenvalue weighted by atomic mass is 16.3. The number of rotatable bonds is 4. The van der Waals surface area contributed by atoms with E-state index in [1.165, 1.54) is 6.07 Å². The van der Waals surface area contributed by atoms with Crippen LogP contribution in [0, 0.1) is 0 Å². The van der Waals surface area contributed by atoms with Gasteiger partial charge in [0.2, 0.25) is 5.56 Å². The van der Waals surface area contributed by atoms with E-state index in [9.17, 15) is 9.59 Å². The maximum absolute atomic E-state index is 12.0. The normalized spacial score (nSPS) is 12.3. The number of nitrogens with one attached hydrogen (secondary N) is 2. The molecule has 0 saturated heterocycles. The van der Waals surface area contributed by atoms with Gasteiger partial charge in [0.05, 0.1) is 11.7 Å². The van der Waals surface area contributed by atoms with Crippen LogP contribution in [0.15, 0.2) is 35.1 Å². The quantitative estimate of drug-likeness (QED) is 0.768. The Balaban J connectivity index is 2.28. The third-order valence-electron chi connectivity index (χ3n) is 2.84. The molecule has 2 rings (SSSR count). The third kappa shape index (κ3) is 3.20. The van der Waals surface area contributed by atoms with Crippen molar-refractivity contribution in [1.29, 1.82) is 0 Å². The first-order chi connectivity index (χ1) is 9.08. The van der Waals surface area contributed by atoms with Crippen LogP contribution in [0.1, 0.15) is 23.7 Å². The Morgan fingerprint density at radius 2 is 2.16 bits per heavy atom. The summed E-state index contributed by atoms with van der Waals surface area (Å²) in [6.45, 7) is 2.03. The molecule has 19 heavy (non-hydrogen) atoms. The molecule has 0 aliphatic rings. The molecule has 0 radical (unpaired) electrons. The van der Waals surface area contributed by atoms with Crippen LogP contribution in [-0.4, -0.2) is 28.6 Å². The lowest BCUT2D eigenvalue weighted by molar-refractivity contribution is 0.0947. The van der Waals surface area contributed by atoms with E-state index < -0.39 is 6.10 Å². The van der Waals surface area contributed by atoms with E-state index in [4.69, 9.17) is 5.11 Å². The van der Waals surface area contributed by atoms with Crippen LogP contribution >= 0.6 is 0 Å². The fraction of sp³-hybridized carbons (Fsp3) is 0.286. The minimum Gasteiger partial charge on any atom is -0.393 e. The van der Waals surface area contributed by atoms with E-state index in [1.54, 1.807) is 25.1 Å². The van der Waals surface area contributed by atoms with Gasteiger partial charge in [-0.2, -0.15) is 0 Å². The van der Waals surface area contributed by atoms with Crippen molar-refractivity contribution in [2.45, 2.75) is 19.4 Å². The highest BCUT2D eigenvalue weighted by molar-refractivity contribution is 6.05. The molecular formula is C14H16N2O3. The second kappa shape index (κ2) is 5.67. The summed E-state index contributed by atoms with van der Waals surface area (Å²) in [6, 6.07) is 8.44. The van der Waals surface area contributed by atoms with Crippen molar-refractivity contribution in [1.82, 2.24) is 10.3 Å². The number of carbonyl (C=O) groups is 1. The number of aliphatic hydroxyl groups is 1. The van der Waals surface area contributed by atoms with Crippen LogP contribution < -0.4 is 10.9 Å². The van der Waals surface area contributed by atoms with Crippen molar-refractivity contribution in [3.05, 3.63) is 46.2 Å². The molecule has 1 aromatic heterocycles. The molecule has 2 aromatic rings. The molecule has 1 heterocycles. The Hall–Kier alpha value is -2.14. The maximum atomic E-state index is 12.0. The highest BCUT2D eigenvalue weighted by Crippen LogP contribution is 2.14. The van der Waals surface area contributed by atoms with Gasteiger partial charge >= 0.3 is 0 Å². The molecule has 0 fully saturated rings. The van der Waals surface area contributed by atoms with E-state index in [-0.39, 0.29) is 11.5 Å². The van der Waals surface area contributed by atoms with Crippen molar-refractivity contribution in [3.8, 4) is 0 Å². The van der Waals surface area contributed by atoms with E-state index in [2.05, 4.69) is 10.3 Å². The number of hydrogen-bond acceptors (Lipinski definition) is 3. The first-order valence-corrected chi connectivity index (χ1v) is 6.16. The van der Waals surface area contributed by atoms with Crippen LogP contribution in [0.25, 0.3) is 10.9 Å². The van der Waals surface area contributed by atoms with Crippen LogP contribution in [0.4, 0.5) is 0 Å². The second-order valence-corrected chi connectivity index (χ2v) is 4.49. The number of H-pyrrole nitrogens is 1. The Morgan fingerprint density at radius 1 is 1.42 bits per heavy atom. The summed E-state index contributed by atoms with van der Waals surface area (Å²) in [6.07, 6.45) is 0.0172. The fourth-order valence-electron chi connectivity index (χ4n) is 1.88. The van der Waals surface area contributed by atoms with Crippen molar-refractivity contribution >= 4 is 16.8 Å². The molecule has 0 bridgehead atoms. The Labute approximate surface area is 110 Å². The molecule has 0 aliphatic heterocycles. The van der Waals surface area contributed by atoms with Crippen LogP contribution in [0.5, 0.6) is 0 Å². The number of fused-ring (bicyclic) bond motifs is 1. The molecule has 1 atom stereocenters. The number of aromatic amines is 1. The largest absolute Gasteiger partial charge is 0.393 e. The first kappa shape index (κ1) is 13.3. The van der Waals surface area contributed by atoms with Crippen molar-refractivity contribution in [2.24, 2.45) is 0 Å². The minimum absolute atomic E-state index is 0.303. The van der Waals surface area contributed by atoms with Crippen molar-refractivity contribution in [3.63, 3.8) is 0 Å². The number of benzene rings is 1. The summed E-state index contributed by atoms with van der Waals surface area (Å²) < 4.78 is 0. The first-order valence-electron chi connectivity index (χ1n) is 6.16. The van der Waals surface area contributed by atoms with Gasteiger partial charge in [-0.3, -0.25) is 9.59 Å². The lowest BCUT2D eigenvalue weighted by atomic mass is 10.1. The summed E-state index contributed by atoms with van der Waals surface area (Å²) in [5.41, 5.74) is 0.681. The Kier molecular flexibility index (Phi) is 3.97. The molecular weight excluding hydrogens is 244 g/mol. The number of amides is 1. The van der Waals surface area contributed by atoms with E-state index in [1.807, 2.05) is 6.07 Å². The monoisotopic (exact) mass is 260 g/mol. The van der Waals surface area contributed by atoms with Gasteiger partial charge in [0.15, 0.2) is 0 Å². The Morgan fingerprint density at radius 3 is 2.89 bits per heavy atom. The van der Waals surface area contributed by atoms with E-state index in [0.717, 1.165) is 0 Å².